The molecule has 27 heavy (non-hydrogen) atoms. The van der Waals surface area contributed by atoms with Crippen LogP contribution in [0.4, 0.5) is 4.39 Å². The number of nitrogens with zero attached hydrogens (tertiary/aromatic N) is 1. The van der Waals surface area contributed by atoms with E-state index in [2.05, 4.69) is 0 Å². The van der Waals surface area contributed by atoms with Crippen LogP contribution in [0.1, 0.15) is 37.5 Å². The number of furan rings is 1. The van der Waals surface area contributed by atoms with Gasteiger partial charge in [0.05, 0.1) is 30.4 Å². The standard InChI is InChI=1S/C19H22FNO5S/c20-16-13-15(5-6-18(16)26-14-7-11-24-12-8-14)27(22,23)21-9-1-3-17(21)19-4-2-10-25-19/h2,4-6,10,13-14,17H,1,3,7-9,11-12H2/t17-/m1/s1. The third-order valence-electron chi connectivity index (χ3n) is 5.05. The zero-order valence-electron chi connectivity index (χ0n) is 14.8. The molecule has 3 heterocycles. The molecule has 0 aliphatic carbocycles. The molecule has 2 aliphatic rings. The van der Waals surface area contributed by atoms with E-state index in [9.17, 15) is 12.8 Å². The highest BCUT2D eigenvalue weighted by Crippen LogP contribution is 2.37. The lowest BCUT2D eigenvalue weighted by atomic mass is 10.1. The van der Waals surface area contributed by atoms with Gasteiger partial charge in [-0.1, -0.05) is 0 Å². The number of hydrogen-bond donors (Lipinski definition) is 0. The number of halogens is 1. The molecule has 0 amide bonds. The van der Waals surface area contributed by atoms with Gasteiger partial charge in [-0.05, 0) is 43.2 Å². The molecule has 0 saturated carbocycles. The second-order valence-corrected chi connectivity index (χ2v) is 8.70. The lowest BCUT2D eigenvalue weighted by molar-refractivity contribution is 0.0240. The quantitative estimate of drug-likeness (QED) is 0.775. The zero-order chi connectivity index (χ0) is 18.9. The molecule has 4 rings (SSSR count). The fraction of sp³-hybridized carbons (Fsp3) is 0.474. The molecule has 8 heteroatoms. The topological polar surface area (TPSA) is 69.0 Å². The summed E-state index contributed by atoms with van der Waals surface area (Å²) in [6, 6.07) is 7.00. The highest BCUT2D eigenvalue weighted by atomic mass is 32.2. The Morgan fingerprint density at radius 1 is 1.15 bits per heavy atom. The normalized spacial score (nSPS) is 22.2. The van der Waals surface area contributed by atoms with E-state index in [1.54, 1.807) is 12.1 Å². The van der Waals surface area contributed by atoms with Gasteiger partial charge in [0, 0.05) is 19.4 Å². The van der Waals surface area contributed by atoms with E-state index in [1.165, 1.54) is 22.7 Å². The summed E-state index contributed by atoms with van der Waals surface area (Å²) in [5, 5.41) is 0. The Morgan fingerprint density at radius 3 is 2.67 bits per heavy atom. The van der Waals surface area contributed by atoms with Crippen LogP contribution < -0.4 is 4.74 Å². The first-order chi connectivity index (χ1) is 13.1. The van der Waals surface area contributed by atoms with E-state index in [0.29, 0.717) is 44.8 Å². The van der Waals surface area contributed by atoms with Crippen LogP contribution in [0.25, 0.3) is 0 Å². The highest BCUT2D eigenvalue weighted by Gasteiger charge is 2.38. The van der Waals surface area contributed by atoms with Gasteiger partial charge in [-0.2, -0.15) is 4.31 Å². The number of hydrogen-bond acceptors (Lipinski definition) is 5. The van der Waals surface area contributed by atoms with Gasteiger partial charge < -0.3 is 13.9 Å². The van der Waals surface area contributed by atoms with Crippen LogP contribution in [0.3, 0.4) is 0 Å². The van der Waals surface area contributed by atoms with Gasteiger partial charge in [-0.25, -0.2) is 12.8 Å². The van der Waals surface area contributed by atoms with Crippen molar-refractivity contribution < 1.29 is 26.7 Å². The Hall–Kier alpha value is -1.90. The van der Waals surface area contributed by atoms with Crippen LogP contribution in [0.5, 0.6) is 5.75 Å². The monoisotopic (exact) mass is 395 g/mol. The van der Waals surface area contributed by atoms with Gasteiger partial charge in [0.25, 0.3) is 0 Å². The Bertz CT molecular complexity index is 878. The van der Waals surface area contributed by atoms with Crippen molar-refractivity contribution in [3.63, 3.8) is 0 Å². The summed E-state index contributed by atoms with van der Waals surface area (Å²) in [7, 11) is -3.83. The minimum atomic E-state index is -3.83. The third-order valence-corrected chi connectivity index (χ3v) is 6.95. The molecular weight excluding hydrogens is 373 g/mol. The van der Waals surface area contributed by atoms with Gasteiger partial charge in [-0.3, -0.25) is 0 Å². The average molecular weight is 395 g/mol. The number of ether oxygens (including phenoxy) is 2. The van der Waals surface area contributed by atoms with Crippen molar-refractivity contribution in [2.75, 3.05) is 19.8 Å². The summed E-state index contributed by atoms with van der Waals surface area (Å²) in [5.41, 5.74) is 0. The van der Waals surface area contributed by atoms with Crippen LogP contribution in [-0.4, -0.2) is 38.6 Å². The molecule has 2 aliphatic heterocycles. The zero-order valence-corrected chi connectivity index (χ0v) is 15.7. The maximum absolute atomic E-state index is 14.5. The van der Waals surface area contributed by atoms with Crippen molar-refractivity contribution in [1.82, 2.24) is 4.31 Å². The van der Waals surface area contributed by atoms with E-state index in [-0.39, 0.29) is 22.8 Å². The number of sulfonamides is 1. The average Bonchev–Trinajstić information content (AvgIpc) is 3.35. The van der Waals surface area contributed by atoms with Crippen LogP contribution in [-0.2, 0) is 14.8 Å². The van der Waals surface area contributed by atoms with Crippen molar-refractivity contribution in [3.8, 4) is 5.75 Å². The highest BCUT2D eigenvalue weighted by molar-refractivity contribution is 7.89. The van der Waals surface area contributed by atoms with Crippen LogP contribution in [0, 0.1) is 5.82 Å². The first kappa shape index (κ1) is 18.5. The van der Waals surface area contributed by atoms with Crippen LogP contribution >= 0.6 is 0 Å². The van der Waals surface area contributed by atoms with E-state index in [0.717, 1.165) is 12.5 Å². The molecule has 2 saturated heterocycles. The first-order valence-corrected chi connectivity index (χ1v) is 10.6. The number of rotatable bonds is 5. The predicted molar refractivity (Wildman–Crippen MR) is 95.4 cm³/mol. The molecule has 0 radical (unpaired) electrons. The van der Waals surface area contributed by atoms with Crippen molar-refractivity contribution in [1.29, 1.82) is 0 Å². The predicted octanol–water partition coefficient (Wildman–Crippen LogP) is 3.50. The van der Waals surface area contributed by atoms with E-state index in [4.69, 9.17) is 13.9 Å². The summed E-state index contributed by atoms with van der Waals surface area (Å²) in [4.78, 5) is -0.0715. The molecule has 0 bridgehead atoms. The summed E-state index contributed by atoms with van der Waals surface area (Å²) >= 11 is 0. The van der Waals surface area contributed by atoms with Gasteiger partial charge in [0.2, 0.25) is 10.0 Å². The Morgan fingerprint density at radius 2 is 1.96 bits per heavy atom. The van der Waals surface area contributed by atoms with Gasteiger partial charge in [0.15, 0.2) is 11.6 Å². The molecule has 0 unspecified atom stereocenters. The van der Waals surface area contributed by atoms with Crippen molar-refractivity contribution in [2.24, 2.45) is 0 Å². The van der Waals surface area contributed by atoms with Gasteiger partial charge >= 0.3 is 0 Å². The Labute approximate surface area is 157 Å². The maximum Gasteiger partial charge on any atom is 0.243 e. The minimum Gasteiger partial charge on any atom is -0.487 e. The largest absolute Gasteiger partial charge is 0.487 e. The fourth-order valence-corrected chi connectivity index (χ4v) is 5.32. The second kappa shape index (κ2) is 7.61. The molecule has 1 atom stereocenters. The van der Waals surface area contributed by atoms with Crippen molar-refractivity contribution in [2.45, 2.75) is 42.7 Å². The van der Waals surface area contributed by atoms with Crippen molar-refractivity contribution in [3.05, 3.63) is 48.2 Å². The second-order valence-electron chi connectivity index (χ2n) is 6.81. The van der Waals surface area contributed by atoms with E-state index >= 15 is 0 Å². The molecule has 2 aromatic rings. The summed E-state index contributed by atoms with van der Waals surface area (Å²) in [6.07, 6.45) is 4.22. The molecule has 1 aromatic carbocycles. The third kappa shape index (κ3) is 3.74. The molecule has 0 N–H and O–H groups in total. The first-order valence-electron chi connectivity index (χ1n) is 9.15. The molecule has 146 valence electrons. The lowest BCUT2D eigenvalue weighted by Crippen LogP contribution is -2.30. The summed E-state index contributed by atoms with van der Waals surface area (Å²) in [6.45, 7) is 1.55. The molecule has 1 aromatic heterocycles. The summed E-state index contributed by atoms with van der Waals surface area (Å²) < 4.78 is 58.4. The fourth-order valence-electron chi connectivity index (χ4n) is 3.64. The van der Waals surface area contributed by atoms with Crippen molar-refractivity contribution >= 4 is 10.0 Å². The lowest BCUT2D eigenvalue weighted by Gasteiger charge is -2.24. The molecule has 2 fully saturated rings. The smallest absolute Gasteiger partial charge is 0.243 e. The number of benzene rings is 1. The van der Waals surface area contributed by atoms with Gasteiger partial charge in [0.1, 0.15) is 11.9 Å². The molecule has 0 spiro atoms. The van der Waals surface area contributed by atoms with E-state index in [1.807, 2.05) is 0 Å². The molecular formula is C19H22FNO5S. The Kier molecular flexibility index (Phi) is 5.21. The molecule has 6 nitrogen and oxygen atoms in total. The minimum absolute atomic E-state index is 0.0715. The van der Waals surface area contributed by atoms with Gasteiger partial charge in [-0.15, -0.1) is 0 Å². The van der Waals surface area contributed by atoms with Crippen LogP contribution in [0.2, 0.25) is 0 Å². The van der Waals surface area contributed by atoms with Crippen LogP contribution in [0.15, 0.2) is 45.9 Å². The van der Waals surface area contributed by atoms with E-state index < -0.39 is 15.8 Å². The Balaban J connectivity index is 1.55. The maximum atomic E-state index is 14.5. The SMILES string of the molecule is O=S(=O)(c1ccc(OC2CCOCC2)c(F)c1)N1CCC[C@@H]1c1ccco1. The summed E-state index contributed by atoms with van der Waals surface area (Å²) in [5.74, 6) is 0.0113.